The first-order valence-electron chi connectivity index (χ1n) is 6.05. The van der Waals surface area contributed by atoms with E-state index in [1.807, 2.05) is 0 Å². The molecule has 0 spiro atoms. The molecular formula is C12H21ClN4O. The second-order valence-corrected chi connectivity index (χ2v) is 5.60. The van der Waals surface area contributed by atoms with E-state index in [0.717, 1.165) is 12.8 Å². The van der Waals surface area contributed by atoms with Crippen molar-refractivity contribution in [1.82, 2.24) is 9.97 Å². The SMILES string of the molecule is CC(C)CCC(C)(O)CNc1cc(Cl)nc(N)n1. The van der Waals surface area contributed by atoms with Crippen LogP contribution in [-0.2, 0) is 0 Å². The van der Waals surface area contributed by atoms with Gasteiger partial charge in [0.25, 0.3) is 0 Å². The fourth-order valence-electron chi connectivity index (χ4n) is 1.49. The van der Waals surface area contributed by atoms with Gasteiger partial charge >= 0.3 is 0 Å². The highest BCUT2D eigenvalue weighted by Crippen LogP contribution is 2.18. The van der Waals surface area contributed by atoms with E-state index in [0.29, 0.717) is 18.3 Å². The number of hydrogen-bond acceptors (Lipinski definition) is 5. The zero-order valence-electron chi connectivity index (χ0n) is 11.1. The second kappa shape index (κ2) is 6.20. The third kappa shape index (κ3) is 5.51. The van der Waals surface area contributed by atoms with E-state index < -0.39 is 5.60 Å². The minimum atomic E-state index is -0.781. The predicted molar refractivity (Wildman–Crippen MR) is 74.6 cm³/mol. The van der Waals surface area contributed by atoms with Crippen LogP contribution in [0.2, 0.25) is 5.15 Å². The maximum atomic E-state index is 10.2. The van der Waals surface area contributed by atoms with Crippen molar-refractivity contribution in [3.05, 3.63) is 11.2 Å². The van der Waals surface area contributed by atoms with Gasteiger partial charge in [0.1, 0.15) is 11.0 Å². The average Bonchev–Trinajstić information content (AvgIpc) is 2.23. The zero-order chi connectivity index (χ0) is 13.8. The number of nitrogens with zero attached hydrogens (tertiary/aromatic N) is 2. The molecule has 4 N–H and O–H groups in total. The summed E-state index contributed by atoms with van der Waals surface area (Å²) in [5.74, 6) is 1.21. The molecule has 102 valence electrons. The molecule has 6 heteroatoms. The van der Waals surface area contributed by atoms with Gasteiger partial charge in [-0.15, -0.1) is 0 Å². The Hall–Kier alpha value is -1.07. The number of hydrogen-bond donors (Lipinski definition) is 3. The summed E-state index contributed by atoms with van der Waals surface area (Å²) in [4.78, 5) is 7.76. The van der Waals surface area contributed by atoms with Crippen molar-refractivity contribution in [1.29, 1.82) is 0 Å². The standard InChI is InChI=1S/C12H21ClN4O/c1-8(2)4-5-12(3,18)7-15-10-6-9(13)16-11(14)17-10/h6,8,18H,4-5,7H2,1-3H3,(H3,14,15,16,17). The molecule has 0 aromatic carbocycles. The molecule has 1 aromatic rings. The maximum Gasteiger partial charge on any atom is 0.223 e. The fraction of sp³-hybridized carbons (Fsp3) is 0.667. The average molecular weight is 273 g/mol. The quantitative estimate of drug-likeness (QED) is 0.692. The van der Waals surface area contributed by atoms with Crippen LogP contribution in [0.4, 0.5) is 11.8 Å². The Morgan fingerprint density at radius 3 is 2.72 bits per heavy atom. The van der Waals surface area contributed by atoms with Crippen LogP contribution in [0.15, 0.2) is 6.07 Å². The number of halogens is 1. The lowest BCUT2D eigenvalue weighted by atomic mass is 9.95. The Bertz CT molecular complexity index is 375. The molecule has 1 unspecified atom stereocenters. The highest BCUT2D eigenvalue weighted by Gasteiger charge is 2.20. The van der Waals surface area contributed by atoms with Gasteiger partial charge in [0, 0.05) is 12.6 Å². The van der Waals surface area contributed by atoms with Crippen molar-refractivity contribution in [3.8, 4) is 0 Å². The van der Waals surface area contributed by atoms with Crippen molar-refractivity contribution in [2.75, 3.05) is 17.6 Å². The van der Waals surface area contributed by atoms with Crippen molar-refractivity contribution < 1.29 is 5.11 Å². The first-order chi connectivity index (χ1) is 8.28. The first kappa shape index (κ1) is 15.0. The number of rotatable bonds is 6. The van der Waals surface area contributed by atoms with Crippen molar-refractivity contribution >= 4 is 23.4 Å². The Morgan fingerprint density at radius 2 is 2.17 bits per heavy atom. The highest BCUT2D eigenvalue weighted by atomic mass is 35.5. The molecule has 0 aliphatic heterocycles. The van der Waals surface area contributed by atoms with E-state index in [9.17, 15) is 5.11 Å². The summed E-state index contributed by atoms with van der Waals surface area (Å²) >= 11 is 5.77. The number of aromatic nitrogens is 2. The van der Waals surface area contributed by atoms with Crippen LogP contribution >= 0.6 is 11.6 Å². The molecule has 1 atom stereocenters. The van der Waals surface area contributed by atoms with Gasteiger partial charge in [-0.2, -0.15) is 4.98 Å². The number of aliphatic hydroxyl groups is 1. The molecular weight excluding hydrogens is 252 g/mol. The van der Waals surface area contributed by atoms with Gasteiger partial charge in [0.2, 0.25) is 5.95 Å². The molecule has 0 bridgehead atoms. The monoisotopic (exact) mass is 272 g/mol. The number of anilines is 2. The molecule has 0 aliphatic rings. The summed E-state index contributed by atoms with van der Waals surface area (Å²) in [5, 5.41) is 13.5. The van der Waals surface area contributed by atoms with Crippen LogP contribution < -0.4 is 11.1 Å². The Kier molecular flexibility index (Phi) is 5.16. The van der Waals surface area contributed by atoms with Gasteiger partial charge < -0.3 is 16.2 Å². The van der Waals surface area contributed by atoms with Crippen LogP contribution in [0.5, 0.6) is 0 Å². The largest absolute Gasteiger partial charge is 0.388 e. The third-order valence-electron chi connectivity index (χ3n) is 2.62. The molecule has 0 radical (unpaired) electrons. The van der Waals surface area contributed by atoms with Crippen LogP contribution in [-0.4, -0.2) is 27.2 Å². The van der Waals surface area contributed by atoms with Crippen LogP contribution in [0.3, 0.4) is 0 Å². The maximum absolute atomic E-state index is 10.2. The smallest absolute Gasteiger partial charge is 0.223 e. The van der Waals surface area contributed by atoms with Gasteiger partial charge in [0.15, 0.2) is 0 Å². The minimum absolute atomic E-state index is 0.117. The normalized spacial score (nSPS) is 14.6. The number of nitrogen functional groups attached to an aromatic ring is 1. The van der Waals surface area contributed by atoms with Gasteiger partial charge in [-0.05, 0) is 25.7 Å². The summed E-state index contributed by atoms with van der Waals surface area (Å²) in [6.45, 7) is 6.46. The first-order valence-corrected chi connectivity index (χ1v) is 6.42. The van der Waals surface area contributed by atoms with Gasteiger partial charge in [-0.1, -0.05) is 25.4 Å². The van der Waals surface area contributed by atoms with E-state index >= 15 is 0 Å². The van der Waals surface area contributed by atoms with E-state index in [1.165, 1.54) is 0 Å². The summed E-state index contributed by atoms with van der Waals surface area (Å²) < 4.78 is 0. The minimum Gasteiger partial charge on any atom is -0.388 e. The number of nitrogens with two attached hydrogens (primary N) is 1. The van der Waals surface area contributed by atoms with Gasteiger partial charge in [-0.25, -0.2) is 4.98 Å². The molecule has 0 saturated carbocycles. The topological polar surface area (TPSA) is 84.1 Å². The van der Waals surface area contributed by atoms with Gasteiger partial charge in [0.05, 0.1) is 5.60 Å². The van der Waals surface area contributed by atoms with Crippen molar-refractivity contribution in [2.45, 2.75) is 39.2 Å². The summed E-state index contributed by atoms with van der Waals surface area (Å²) in [5.41, 5.74) is 4.71. The molecule has 0 saturated heterocycles. The summed E-state index contributed by atoms with van der Waals surface area (Å²) in [7, 11) is 0. The molecule has 1 rings (SSSR count). The van der Waals surface area contributed by atoms with E-state index in [2.05, 4.69) is 29.1 Å². The Balaban J connectivity index is 2.52. The lowest BCUT2D eigenvalue weighted by molar-refractivity contribution is 0.0585. The van der Waals surface area contributed by atoms with Crippen LogP contribution in [0.25, 0.3) is 0 Å². The molecule has 1 aromatic heterocycles. The van der Waals surface area contributed by atoms with Gasteiger partial charge in [-0.3, -0.25) is 0 Å². The second-order valence-electron chi connectivity index (χ2n) is 5.22. The summed E-state index contributed by atoms with van der Waals surface area (Å²) in [6, 6.07) is 1.58. The molecule has 18 heavy (non-hydrogen) atoms. The summed E-state index contributed by atoms with van der Waals surface area (Å²) in [6.07, 6.45) is 1.70. The predicted octanol–water partition coefficient (Wildman–Crippen LogP) is 2.31. The van der Waals surface area contributed by atoms with Crippen molar-refractivity contribution in [2.24, 2.45) is 5.92 Å². The molecule has 5 nitrogen and oxygen atoms in total. The van der Waals surface area contributed by atoms with Crippen molar-refractivity contribution in [3.63, 3.8) is 0 Å². The van der Waals surface area contributed by atoms with Crippen LogP contribution in [0.1, 0.15) is 33.6 Å². The fourth-order valence-corrected chi connectivity index (χ4v) is 1.68. The van der Waals surface area contributed by atoms with E-state index in [1.54, 1.807) is 13.0 Å². The molecule has 0 amide bonds. The third-order valence-corrected chi connectivity index (χ3v) is 2.82. The highest BCUT2D eigenvalue weighted by molar-refractivity contribution is 6.29. The zero-order valence-corrected chi connectivity index (χ0v) is 11.8. The lowest BCUT2D eigenvalue weighted by Crippen LogP contribution is -2.34. The number of nitrogens with one attached hydrogen (secondary N) is 1. The lowest BCUT2D eigenvalue weighted by Gasteiger charge is -2.24. The molecule has 0 fully saturated rings. The molecule has 0 aliphatic carbocycles. The Morgan fingerprint density at radius 1 is 1.50 bits per heavy atom. The van der Waals surface area contributed by atoms with E-state index in [-0.39, 0.29) is 11.1 Å². The molecule has 1 heterocycles. The van der Waals surface area contributed by atoms with E-state index in [4.69, 9.17) is 17.3 Å². The Labute approximate surface area is 113 Å². The van der Waals surface area contributed by atoms with Crippen LogP contribution in [0, 0.1) is 5.92 Å².